The summed E-state index contributed by atoms with van der Waals surface area (Å²) in [5, 5.41) is 12.7. The van der Waals surface area contributed by atoms with Gasteiger partial charge in [-0.1, -0.05) is 38.5 Å². The van der Waals surface area contributed by atoms with Crippen molar-refractivity contribution in [3.63, 3.8) is 0 Å². The molecule has 0 spiro atoms. The van der Waals surface area contributed by atoms with Crippen LogP contribution in [0.5, 0.6) is 0 Å². The molecule has 2 fully saturated rings. The second kappa shape index (κ2) is 5.94. The average Bonchev–Trinajstić information content (AvgIpc) is 2.49. The Morgan fingerprint density at radius 3 is 1.58 bits per heavy atom. The van der Waals surface area contributed by atoms with Crippen molar-refractivity contribution in [2.24, 2.45) is 0 Å². The summed E-state index contributed by atoms with van der Waals surface area (Å²) in [4.78, 5) is 0. The zero-order valence-electron chi connectivity index (χ0n) is 11.8. The van der Waals surface area contributed by atoms with Gasteiger partial charge in [0.05, 0.1) is 0 Å². The molecule has 0 amide bonds. The highest BCUT2D eigenvalue weighted by Crippen LogP contribution is 2.34. The molecule has 2 nitrogen and oxygen atoms in total. The molecule has 2 aliphatic carbocycles. The van der Waals surface area contributed by atoms with Crippen LogP contribution >= 0.6 is 0 Å². The van der Waals surface area contributed by atoms with Gasteiger partial charge in [-0.25, -0.2) is 0 Å². The smallest absolute Gasteiger partial charge is 0.196 e. The predicted molar refractivity (Wildman–Crippen MR) is 77.1 cm³/mol. The Bertz CT molecular complexity index is 381. The fraction of sp³-hybridized carbons (Fsp3) is 0.706. The van der Waals surface area contributed by atoms with Gasteiger partial charge in [-0.05, 0) is 31.7 Å². The molecule has 1 aromatic heterocycles. The topological polar surface area (TPSA) is 26.9 Å². The first-order valence-corrected chi connectivity index (χ1v) is 8.08. The van der Waals surface area contributed by atoms with E-state index in [0.717, 1.165) is 11.4 Å². The van der Waals surface area contributed by atoms with Crippen LogP contribution in [0.2, 0.25) is 0 Å². The molecule has 0 radical (unpaired) electrons. The van der Waals surface area contributed by atoms with Crippen molar-refractivity contribution in [3.8, 4) is 0 Å². The quantitative estimate of drug-likeness (QED) is 0.570. The van der Waals surface area contributed by atoms with Crippen molar-refractivity contribution < 1.29 is 4.73 Å². The lowest BCUT2D eigenvalue weighted by molar-refractivity contribution is -0.626. The molecule has 0 bridgehead atoms. The summed E-state index contributed by atoms with van der Waals surface area (Å²) < 4.78 is 1.30. The van der Waals surface area contributed by atoms with Gasteiger partial charge in [-0.3, -0.25) is 0 Å². The third kappa shape index (κ3) is 2.77. The molecule has 0 saturated heterocycles. The Hall–Kier alpha value is -1.05. The van der Waals surface area contributed by atoms with Crippen molar-refractivity contribution in [2.75, 3.05) is 0 Å². The second-order valence-corrected chi connectivity index (χ2v) is 6.34. The zero-order valence-corrected chi connectivity index (χ0v) is 11.8. The highest BCUT2D eigenvalue weighted by atomic mass is 16.5. The summed E-state index contributed by atoms with van der Waals surface area (Å²) in [6, 6.07) is 6.24. The van der Waals surface area contributed by atoms with E-state index < -0.39 is 0 Å². The SMILES string of the molecule is [O-][n+]1c(C2CCCCC2)cccc1C1CCCCC1. The molecule has 19 heavy (non-hydrogen) atoms. The van der Waals surface area contributed by atoms with Crippen molar-refractivity contribution in [1.29, 1.82) is 0 Å². The molecule has 0 aromatic carbocycles. The molecule has 2 saturated carbocycles. The van der Waals surface area contributed by atoms with Gasteiger partial charge in [0.15, 0.2) is 11.4 Å². The van der Waals surface area contributed by atoms with Gasteiger partial charge in [0.25, 0.3) is 0 Å². The third-order valence-electron chi connectivity index (χ3n) is 5.05. The maximum atomic E-state index is 12.7. The number of hydrogen-bond acceptors (Lipinski definition) is 1. The van der Waals surface area contributed by atoms with E-state index in [1.807, 2.05) is 0 Å². The molecule has 3 rings (SSSR count). The first-order chi connectivity index (χ1) is 9.36. The van der Waals surface area contributed by atoms with Crippen LogP contribution in [0.1, 0.15) is 87.4 Å². The van der Waals surface area contributed by atoms with E-state index in [4.69, 9.17) is 0 Å². The monoisotopic (exact) mass is 259 g/mol. The predicted octanol–water partition coefficient (Wildman–Crippen LogP) is 4.42. The van der Waals surface area contributed by atoms with E-state index in [2.05, 4.69) is 18.2 Å². The third-order valence-corrected chi connectivity index (χ3v) is 5.05. The van der Waals surface area contributed by atoms with Crippen molar-refractivity contribution in [2.45, 2.75) is 76.0 Å². The summed E-state index contributed by atoms with van der Waals surface area (Å²) in [6.45, 7) is 0. The molecular formula is C17H25NO. The molecular weight excluding hydrogens is 234 g/mol. The lowest BCUT2D eigenvalue weighted by Crippen LogP contribution is -2.40. The van der Waals surface area contributed by atoms with E-state index in [1.165, 1.54) is 68.9 Å². The van der Waals surface area contributed by atoms with Gasteiger partial charge >= 0.3 is 0 Å². The van der Waals surface area contributed by atoms with Crippen LogP contribution in [-0.2, 0) is 0 Å². The standard InChI is InChI=1S/C17H25NO/c19-18-16(14-8-3-1-4-9-14)12-7-13-17(18)15-10-5-2-6-11-15/h7,12-15H,1-6,8-11H2. The van der Waals surface area contributed by atoms with Crippen molar-refractivity contribution >= 4 is 0 Å². The number of rotatable bonds is 2. The molecule has 1 heterocycles. The normalized spacial score (nSPS) is 22.5. The van der Waals surface area contributed by atoms with E-state index in [1.54, 1.807) is 0 Å². The Morgan fingerprint density at radius 2 is 1.16 bits per heavy atom. The first-order valence-electron chi connectivity index (χ1n) is 8.08. The van der Waals surface area contributed by atoms with Crippen molar-refractivity contribution in [3.05, 3.63) is 34.8 Å². The maximum Gasteiger partial charge on any atom is 0.196 e. The van der Waals surface area contributed by atoms with Crippen LogP contribution in [0, 0.1) is 5.21 Å². The Morgan fingerprint density at radius 1 is 0.737 bits per heavy atom. The molecule has 0 N–H and O–H groups in total. The van der Waals surface area contributed by atoms with Gasteiger partial charge < -0.3 is 5.21 Å². The van der Waals surface area contributed by atoms with Gasteiger partial charge in [-0.15, -0.1) is 0 Å². The number of hydrogen-bond donors (Lipinski definition) is 0. The van der Waals surface area contributed by atoms with E-state index in [0.29, 0.717) is 11.8 Å². The van der Waals surface area contributed by atoms with Crippen LogP contribution in [-0.4, -0.2) is 0 Å². The van der Waals surface area contributed by atoms with Crippen LogP contribution < -0.4 is 4.73 Å². The minimum Gasteiger partial charge on any atom is -0.618 e. The van der Waals surface area contributed by atoms with Gasteiger partial charge in [0, 0.05) is 24.0 Å². The molecule has 0 unspecified atom stereocenters. The highest BCUT2D eigenvalue weighted by molar-refractivity contribution is 5.12. The minimum atomic E-state index is 0.509. The van der Waals surface area contributed by atoms with Crippen LogP contribution in [0.3, 0.4) is 0 Å². The van der Waals surface area contributed by atoms with E-state index >= 15 is 0 Å². The first kappa shape index (κ1) is 13.0. The largest absolute Gasteiger partial charge is 0.618 e. The Balaban J connectivity index is 1.84. The maximum absolute atomic E-state index is 12.7. The van der Waals surface area contributed by atoms with Crippen LogP contribution in [0.15, 0.2) is 18.2 Å². The molecule has 0 aliphatic heterocycles. The second-order valence-electron chi connectivity index (χ2n) is 6.34. The van der Waals surface area contributed by atoms with E-state index in [-0.39, 0.29) is 0 Å². The molecule has 2 heteroatoms. The highest BCUT2D eigenvalue weighted by Gasteiger charge is 2.27. The van der Waals surface area contributed by atoms with Gasteiger partial charge in [0.2, 0.25) is 0 Å². The van der Waals surface area contributed by atoms with Crippen LogP contribution in [0.4, 0.5) is 0 Å². The van der Waals surface area contributed by atoms with Crippen LogP contribution in [0.25, 0.3) is 0 Å². The lowest BCUT2D eigenvalue weighted by atomic mass is 9.84. The fourth-order valence-corrected chi connectivity index (χ4v) is 3.93. The molecule has 104 valence electrons. The zero-order chi connectivity index (χ0) is 13.1. The number of aromatic nitrogens is 1. The summed E-state index contributed by atoms with van der Waals surface area (Å²) >= 11 is 0. The fourth-order valence-electron chi connectivity index (χ4n) is 3.93. The number of pyridine rings is 1. The average molecular weight is 259 g/mol. The molecule has 2 aliphatic rings. The Kier molecular flexibility index (Phi) is 4.05. The Labute approximate surface area is 116 Å². The summed E-state index contributed by atoms with van der Waals surface area (Å²) in [5.74, 6) is 1.02. The van der Waals surface area contributed by atoms with E-state index in [9.17, 15) is 5.21 Å². The van der Waals surface area contributed by atoms with Gasteiger partial charge in [0.1, 0.15) is 0 Å². The number of nitrogens with zero attached hydrogens (tertiary/aromatic N) is 1. The summed E-state index contributed by atoms with van der Waals surface area (Å²) in [7, 11) is 0. The van der Waals surface area contributed by atoms with Gasteiger partial charge in [-0.2, -0.15) is 4.73 Å². The summed E-state index contributed by atoms with van der Waals surface area (Å²) in [6.07, 6.45) is 12.7. The van der Waals surface area contributed by atoms with Crippen molar-refractivity contribution in [1.82, 2.24) is 0 Å². The molecule has 0 atom stereocenters. The lowest BCUT2D eigenvalue weighted by Gasteiger charge is -2.25. The summed E-state index contributed by atoms with van der Waals surface area (Å²) in [5.41, 5.74) is 2.09. The molecule has 1 aromatic rings. The minimum absolute atomic E-state index is 0.509.